The predicted octanol–water partition coefficient (Wildman–Crippen LogP) is 0.263. The lowest BCUT2D eigenvalue weighted by molar-refractivity contribution is -0.394. The fraction of sp³-hybridized carbons (Fsp3) is 0.167. The van der Waals surface area contributed by atoms with Gasteiger partial charge in [-0.2, -0.15) is 0 Å². The highest BCUT2D eigenvalue weighted by Gasteiger charge is 2.13. The van der Waals surface area contributed by atoms with Crippen LogP contribution >= 0.6 is 0 Å². The molecule has 2 N–H and O–H groups in total. The molecule has 0 fully saturated rings. The highest BCUT2D eigenvalue weighted by Crippen LogP contribution is 2.00. The Morgan fingerprint density at radius 3 is 2.73 bits per heavy atom. The summed E-state index contributed by atoms with van der Waals surface area (Å²) in [5.74, 6) is -0.825. The zero-order valence-corrected chi connectivity index (χ0v) is 11.6. The molecule has 0 saturated heterocycles. The third kappa shape index (κ3) is 4.37. The summed E-state index contributed by atoms with van der Waals surface area (Å²) in [4.78, 5) is 22.3. The number of nitrogens with one attached hydrogen (secondary N) is 2. The zero-order valence-electron chi connectivity index (χ0n) is 11.6. The number of tetrazole rings is 1. The average Bonchev–Trinajstić information content (AvgIpc) is 2.95. The molecule has 0 saturated carbocycles. The minimum atomic E-state index is -0.748. The summed E-state index contributed by atoms with van der Waals surface area (Å²) in [5, 5.41) is 20.7. The number of carbonyl (C=O) groups excluding carboxylic acids is 1. The van der Waals surface area contributed by atoms with Crippen LogP contribution in [0.15, 0.2) is 36.0 Å². The summed E-state index contributed by atoms with van der Waals surface area (Å²) in [6.07, 6.45) is 1.58. The number of benzene rings is 1. The maximum Gasteiger partial charge on any atom is 0.515 e. The van der Waals surface area contributed by atoms with E-state index in [1.54, 1.807) is 6.92 Å². The molecule has 10 heteroatoms. The topological polar surface area (TPSA) is 128 Å². The maximum atomic E-state index is 11.7. The molecule has 0 spiro atoms. The molecule has 0 aliphatic heterocycles. The molecule has 0 atom stereocenters. The smallest absolute Gasteiger partial charge is 0.390 e. The second-order valence-electron chi connectivity index (χ2n) is 4.31. The van der Waals surface area contributed by atoms with E-state index in [2.05, 4.69) is 26.3 Å². The van der Waals surface area contributed by atoms with Crippen molar-refractivity contribution in [2.75, 3.05) is 0 Å². The normalized spacial score (nSPS) is 11.0. The molecule has 10 nitrogen and oxygen atoms in total. The lowest BCUT2D eigenvalue weighted by Gasteiger charge is -2.07. The number of rotatable bonds is 6. The predicted molar refractivity (Wildman–Crippen MR) is 75.8 cm³/mol. The van der Waals surface area contributed by atoms with Crippen molar-refractivity contribution in [1.82, 2.24) is 31.1 Å². The molecule has 1 heterocycles. The molecule has 2 rings (SSSR count). The molecular weight excluding hydrogens is 290 g/mol. The quantitative estimate of drug-likeness (QED) is 0.578. The van der Waals surface area contributed by atoms with Crippen LogP contribution in [-0.4, -0.2) is 31.0 Å². The average molecular weight is 303 g/mol. The lowest BCUT2D eigenvalue weighted by atomic mass is 10.1. The Morgan fingerprint density at radius 2 is 2.09 bits per heavy atom. The number of nitro groups is 1. The van der Waals surface area contributed by atoms with Gasteiger partial charge in [-0.3, -0.25) is 10.2 Å². The van der Waals surface area contributed by atoms with E-state index in [0.717, 1.165) is 10.4 Å². The van der Waals surface area contributed by atoms with Crippen molar-refractivity contribution in [2.24, 2.45) is 0 Å². The van der Waals surface area contributed by atoms with Gasteiger partial charge in [-0.1, -0.05) is 35.1 Å². The molecule has 0 unspecified atom stereocenters. The van der Waals surface area contributed by atoms with Gasteiger partial charge in [0, 0.05) is 5.70 Å². The summed E-state index contributed by atoms with van der Waals surface area (Å²) < 4.78 is 0. The number of carbonyl (C=O) groups is 1. The molecule has 0 aliphatic carbocycles. The van der Waals surface area contributed by atoms with Gasteiger partial charge in [0.25, 0.3) is 0 Å². The molecule has 1 aromatic carbocycles. The monoisotopic (exact) mass is 303 g/mol. The van der Waals surface area contributed by atoms with Crippen molar-refractivity contribution >= 4 is 18.1 Å². The van der Waals surface area contributed by atoms with Crippen LogP contribution in [-0.2, 0) is 11.2 Å². The van der Waals surface area contributed by atoms with E-state index in [0.29, 0.717) is 5.70 Å². The SMILES string of the molecule is CC(=Cn1nnc([N+](=O)[O-])n1)NNC(=O)Cc1ccccc1. The van der Waals surface area contributed by atoms with Crippen LogP contribution in [0.25, 0.3) is 6.20 Å². The van der Waals surface area contributed by atoms with Gasteiger partial charge in [-0.05, 0) is 17.4 Å². The molecule has 2 aromatic rings. The number of allylic oxidation sites excluding steroid dienone is 1. The Hall–Kier alpha value is -3.30. The van der Waals surface area contributed by atoms with Gasteiger partial charge < -0.3 is 15.5 Å². The Balaban J connectivity index is 1.86. The summed E-state index contributed by atoms with van der Waals surface area (Å²) in [6, 6.07) is 9.27. The molecule has 0 radical (unpaired) electrons. The first-order valence-corrected chi connectivity index (χ1v) is 6.25. The van der Waals surface area contributed by atoms with Crippen molar-refractivity contribution in [3.63, 3.8) is 0 Å². The van der Waals surface area contributed by atoms with Crippen molar-refractivity contribution in [3.05, 3.63) is 51.7 Å². The van der Waals surface area contributed by atoms with Gasteiger partial charge in [0.1, 0.15) is 0 Å². The Morgan fingerprint density at radius 1 is 1.36 bits per heavy atom. The maximum absolute atomic E-state index is 11.7. The van der Waals surface area contributed by atoms with E-state index in [1.165, 1.54) is 6.20 Å². The van der Waals surface area contributed by atoms with E-state index in [9.17, 15) is 14.9 Å². The zero-order chi connectivity index (χ0) is 15.9. The minimum absolute atomic E-state index is 0.225. The second-order valence-corrected chi connectivity index (χ2v) is 4.31. The third-order valence-electron chi connectivity index (χ3n) is 2.50. The number of hydrogen-bond acceptors (Lipinski definition) is 7. The van der Waals surface area contributed by atoms with Gasteiger partial charge >= 0.3 is 5.95 Å². The Kier molecular flexibility index (Phi) is 4.75. The molecule has 1 aromatic heterocycles. The highest BCUT2D eigenvalue weighted by molar-refractivity contribution is 5.78. The van der Waals surface area contributed by atoms with E-state index in [-0.39, 0.29) is 12.3 Å². The van der Waals surface area contributed by atoms with Gasteiger partial charge in [0.05, 0.1) is 28.0 Å². The first-order valence-electron chi connectivity index (χ1n) is 6.25. The van der Waals surface area contributed by atoms with Crippen LogP contribution in [0.3, 0.4) is 0 Å². The molecule has 0 aliphatic rings. The first kappa shape index (κ1) is 15.1. The lowest BCUT2D eigenvalue weighted by Crippen LogP contribution is -2.37. The van der Waals surface area contributed by atoms with Crippen LogP contribution in [0, 0.1) is 10.1 Å². The number of hydrogen-bond donors (Lipinski definition) is 2. The highest BCUT2D eigenvalue weighted by atomic mass is 16.6. The summed E-state index contributed by atoms with van der Waals surface area (Å²) in [5.41, 5.74) is 6.52. The molecule has 22 heavy (non-hydrogen) atoms. The molecular formula is C12H13N7O3. The Bertz CT molecular complexity index is 696. The second kappa shape index (κ2) is 6.92. The van der Waals surface area contributed by atoms with Gasteiger partial charge in [0.15, 0.2) is 0 Å². The van der Waals surface area contributed by atoms with Crippen LogP contribution in [0.2, 0.25) is 0 Å². The number of aromatic nitrogens is 4. The van der Waals surface area contributed by atoms with Crippen LogP contribution in [0.1, 0.15) is 12.5 Å². The minimum Gasteiger partial charge on any atom is -0.390 e. The van der Waals surface area contributed by atoms with Crippen molar-refractivity contribution in [2.45, 2.75) is 13.3 Å². The molecule has 1 amide bonds. The van der Waals surface area contributed by atoms with E-state index in [4.69, 9.17) is 0 Å². The van der Waals surface area contributed by atoms with E-state index < -0.39 is 10.9 Å². The fourth-order valence-electron chi connectivity index (χ4n) is 1.54. The largest absolute Gasteiger partial charge is 0.515 e. The molecule has 0 bridgehead atoms. The number of amides is 1. The fourth-order valence-corrected chi connectivity index (χ4v) is 1.54. The van der Waals surface area contributed by atoms with Crippen LogP contribution < -0.4 is 10.9 Å². The standard InChI is InChI=1S/C12H13N7O3/c1-9(8-18-16-12(15-17-18)19(21)22)13-14-11(20)7-10-5-3-2-4-6-10/h2-6,8,13H,7H2,1H3,(H,14,20). The van der Waals surface area contributed by atoms with Gasteiger partial charge in [0.2, 0.25) is 5.91 Å². The van der Waals surface area contributed by atoms with E-state index in [1.807, 2.05) is 30.3 Å². The van der Waals surface area contributed by atoms with E-state index >= 15 is 0 Å². The number of nitrogens with zero attached hydrogens (tertiary/aromatic N) is 5. The van der Waals surface area contributed by atoms with Crippen molar-refractivity contribution in [3.8, 4) is 0 Å². The Labute approximate surface area is 124 Å². The van der Waals surface area contributed by atoms with Crippen LogP contribution in [0.5, 0.6) is 0 Å². The summed E-state index contributed by atoms with van der Waals surface area (Å²) in [7, 11) is 0. The summed E-state index contributed by atoms with van der Waals surface area (Å²) >= 11 is 0. The van der Waals surface area contributed by atoms with Crippen LogP contribution in [0.4, 0.5) is 5.95 Å². The third-order valence-corrected chi connectivity index (χ3v) is 2.50. The van der Waals surface area contributed by atoms with Crippen molar-refractivity contribution in [1.29, 1.82) is 0 Å². The van der Waals surface area contributed by atoms with Crippen molar-refractivity contribution < 1.29 is 9.72 Å². The van der Waals surface area contributed by atoms with Gasteiger partial charge in [-0.25, -0.2) is 0 Å². The first-order chi connectivity index (χ1) is 10.5. The summed E-state index contributed by atoms with van der Waals surface area (Å²) in [6.45, 7) is 1.64. The molecule has 114 valence electrons. The van der Waals surface area contributed by atoms with Gasteiger partial charge in [-0.15, -0.1) is 0 Å². The number of hydrazine groups is 1.